The van der Waals surface area contributed by atoms with E-state index in [0.29, 0.717) is 35.4 Å². The molecule has 1 aliphatic heterocycles. The van der Waals surface area contributed by atoms with Crippen molar-refractivity contribution < 1.29 is 14.0 Å². The first-order valence-electron chi connectivity index (χ1n) is 9.29. The molecule has 0 amide bonds. The van der Waals surface area contributed by atoms with Crippen molar-refractivity contribution in [3.05, 3.63) is 59.0 Å². The Bertz CT molecular complexity index is 1060. The molecular formula is C21H23N5O3. The molecule has 0 bridgehead atoms. The topological polar surface area (TPSA) is 99.0 Å². The number of benzene rings is 2. The summed E-state index contributed by atoms with van der Waals surface area (Å²) in [6.45, 7) is 3.83. The van der Waals surface area contributed by atoms with Gasteiger partial charge in [0.1, 0.15) is 0 Å². The molecule has 0 saturated heterocycles. The third-order valence-corrected chi connectivity index (χ3v) is 4.91. The molecule has 29 heavy (non-hydrogen) atoms. The number of nitrogens with zero attached hydrogens (tertiary/aromatic N) is 4. The third kappa shape index (κ3) is 3.49. The van der Waals surface area contributed by atoms with Crippen LogP contribution in [0.4, 0.5) is 11.6 Å². The summed E-state index contributed by atoms with van der Waals surface area (Å²) in [5, 5.41) is 10.8. The molecule has 4 rings (SSSR count). The van der Waals surface area contributed by atoms with Crippen molar-refractivity contribution >= 4 is 17.3 Å². The van der Waals surface area contributed by atoms with Gasteiger partial charge in [-0.15, -0.1) is 0 Å². The van der Waals surface area contributed by atoms with Gasteiger partial charge >= 0.3 is 0 Å². The molecule has 0 radical (unpaired) electrons. The average Bonchev–Trinajstić information content (AvgIpc) is 3.09. The molecule has 8 nitrogen and oxygen atoms in total. The van der Waals surface area contributed by atoms with Crippen LogP contribution in [0.15, 0.2) is 46.0 Å². The van der Waals surface area contributed by atoms with Crippen LogP contribution in [0.3, 0.4) is 0 Å². The number of fused-ring (bicyclic) bond motifs is 1. The molecule has 0 aliphatic carbocycles. The highest BCUT2D eigenvalue weighted by molar-refractivity contribution is 6.14. The number of rotatable bonds is 4. The van der Waals surface area contributed by atoms with Crippen LogP contribution in [0, 0.1) is 6.92 Å². The molecule has 2 N–H and O–H groups in total. The second kappa shape index (κ2) is 7.46. The summed E-state index contributed by atoms with van der Waals surface area (Å²) in [5.41, 5.74) is 10.3. The van der Waals surface area contributed by atoms with Crippen molar-refractivity contribution in [2.45, 2.75) is 26.3 Å². The number of ether oxygens (including phenoxy) is 2. The lowest BCUT2D eigenvalue weighted by molar-refractivity contribution is 0.354. The van der Waals surface area contributed by atoms with Gasteiger partial charge in [-0.05, 0) is 48.3 Å². The summed E-state index contributed by atoms with van der Waals surface area (Å²) in [6.07, 6.45) is 0.714. The Morgan fingerprint density at radius 3 is 2.41 bits per heavy atom. The molecule has 1 unspecified atom stereocenters. The summed E-state index contributed by atoms with van der Waals surface area (Å²) in [5.74, 6) is 2.24. The van der Waals surface area contributed by atoms with E-state index in [1.165, 1.54) is 0 Å². The number of aromatic nitrogens is 2. The lowest BCUT2D eigenvalue weighted by Crippen LogP contribution is -2.30. The predicted octanol–water partition coefficient (Wildman–Crippen LogP) is 3.18. The minimum Gasteiger partial charge on any atom is -0.493 e. The zero-order chi connectivity index (χ0) is 20.5. The number of methoxy groups -OCH3 is 2. The molecule has 8 heteroatoms. The highest BCUT2D eigenvalue weighted by atomic mass is 16.5. The Hall–Kier alpha value is -3.55. The fraction of sp³-hybridized carbons (Fsp3) is 0.286. The highest BCUT2D eigenvalue weighted by Gasteiger charge is 2.28. The van der Waals surface area contributed by atoms with Crippen molar-refractivity contribution in [3.63, 3.8) is 0 Å². The first-order chi connectivity index (χ1) is 14.0. The Kier molecular flexibility index (Phi) is 4.84. The third-order valence-electron chi connectivity index (χ3n) is 4.91. The summed E-state index contributed by atoms with van der Waals surface area (Å²) >= 11 is 0. The van der Waals surface area contributed by atoms with E-state index in [1.807, 2.05) is 36.4 Å². The van der Waals surface area contributed by atoms with Gasteiger partial charge in [0.05, 0.1) is 26.0 Å². The number of nitrogens with two attached hydrogens (primary N) is 1. The van der Waals surface area contributed by atoms with E-state index < -0.39 is 0 Å². The van der Waals surface area contributed by atoms with Gasteiger partial charge < -0.3 is 19.7 Å². The fourth-order valence-electron chi connectivity index (χ4n) is 3.45. The average molecular weight is 393 g/mol. The molecule has 2 aromatic carbocycles. The van der Waals surface area contributed by atoms with E-state index >= 15 is 0 Å². The monoisotopic (exact) mass is 393 g/mol. The second-order valence-electron chi connectivity index (χ2n) is 6.95. The van der Waals surface area contributed by atoms with Crippen molar-refractivity contribution in [2.24, 2.45) is 5.10 Å². The molecule has 3 aromatic rings. The van der Waals surface area contributed by atoms with Crippen molar-refractivity contribution in [3.8, 4) is 11.5 Å². The molecule has 1 aromatic heterocycles. The lowest BCUT2D eigenvalue weighted by atomic mass is 9.94. The smallest absolute Gasteiger partial charge is 0.286 e. The minimum atomic E-state index is -0.00451. The minimum absolute atomic E-state index is 0.00451. The van der Waals surface area contributed by atoms with E-state index in [1.54, 1.807) is 26.2 Å². The van der Waals surface area contributed by atoms with Crippen LogP contribution in [0.25, 0.3) is 0 Å². The van der Waals surface area contributed by atoms with Crippen LogP contribution in [0.1, 0.15) is 29.5 Å². The summed E-state index contributed by atoms with van der Waals surface area (Å²) < 4.78 is 16.2. The van der Waals surface area contributed by atoms with Gasteiger partial charge in [-0.25, -0.2) is 5.01 Å². The maximum absolute atomic E-state index is 5.89. The van der Waals surface area contributed by atoms with Gasteiger partial charge in [-0.2, -0.15) is 10.1 Å². The molecule has 1 atom stereocenters. The van der Waals surface area contributed by atoms with Gasteiger partial charge in [-0.3, -0.25) is 0 Å². The molecule has 0 spiro atoms. The molecule has 0 saturated carbocycles. The Morgan fingerprint density at radius 2 is 1.79 bits per heavy atom. The molecule has 0 fully saturated rings. The van der Waals surface area contributed by atoms with Crippen molar-refractivity contribution in [1.29, 1.82) is 0 Å². The summed E-state index contributed by atoms with van der Waals surface area (Å²) in [4.78, 5) is 4.37. The maximum atomic E-state index is 5.89. The van der Waals surface area contributed by atoms with Gasteiger partial charge in [0.15, 0.2) is 11.5 Å². The van der Waals surface area contributed by atoms with Crippen LogP contribution in [0.2, 0.25) is 0 Å². The van der Waals surface area contributed by atoms with Crippen LogP contribution in [0.5, 0.6) is 11.5 Å². The maximum Gasteiger partial charge on any atom is 0.286 e. The molecule has 150 valence electrons. The lowest BCUT2D eigenvalue weighted by Gasteiger charge is -2.21. The van der Waals surface area contributed by atoms with E-state index in [0.717, 1.165) is 22.4 Å². The quantitative estimate of drug-likeness (QED) is 0.680. The first-order valence-corrected chi connectivity index (χ1v) is 9.29. The number of anilines is 2. The van der Waals surface area contributed by atoms with Crippen molar-refractivity contribution in [2.75, 3.05) is 25.0 Å². The van der Waals surface area contributed by atoms with Gasteiger partial charge in [-0.1, -0.05) is 12.1 Å². The molecular weight excluding hydrogens is 370 g/mol. The predicted molar refractivity (Wildman–Crippen MR) is 111 cm³/mol. The number of nitrogen functional groups attached to an aromatic ring is 1. The summed E-state index contributed by atoms with van der Waals surface area (Å²) in [7, 11) is 3.26. The van der Waals surface area contributed by atoms with Crippen LogP contribution >= 0.6 is 0 Å². The van der Waals surface area contributed by atoms with Gasteiger partial charge in [0.25, 0.3) is 5.95 Å². The Morgan fingerprint density at radius 1 is 1.10 bits per heavy atom. The zero-order valence-electron chi connectivity index (χ0n) is 16.8. The van der Waals surface area contributed by atoms with E-state index in [-0.39, 0.29) is 6.04 Å². The van der Waals surface area contributed by atoms with Crippen LogP contribution in [-0.4, -0.2) is 36.1 Å². The molecule has 2 heterocycles. The van der Waals surface area contributed by atoms with Crippen molar-refractivity contribution in [1.82, 2.24) is 10.1 Å². The van der Waals surface area contributed by atoms with Crippen LogP contribution < -0.4 is 20.2 Å². The standard InChI is InChI=1S/C21H23N5O3/c1-12-9-15-10-18(27-3)19(28-4)11-17(15)20(14-5-7-16(22)8-6-14)24-26(12)21-23-13(2)29-25-21/h5-8,10-12H,9,22H2,1-4H3. The largest absolute Gasteiger partial charge is 0.493 e. The number of hydrogen-bond donors (Lipinski definition) is 1. The summed E-state index contributed by atoms with van der Waals surface area (Å²) in [6, 6.07) is 11.6. The number of hydrogen-bond acceptors (Lipinski definition) is 8. The van der Waals surface area contributed by atoms with Gasteiger partial charge in [0.2, 0.25) is 5.89 Å². The zero-order valence-corrected chi connectivity index (χ0v) is 16.8. The Balaban J connectivity index is 1.93. The number of aryl methyl sites for hydroxylation is 1. The van der Waals surface area contributed by atoms with Gasteiger partial charge in [0, 0.05) is 23.7 Å². The highest BCUT2D eigenvalue weighted by Crippen LogP contribution is 2.35. The van der Waals surface area contributed by atoms with E-state index in [2.05, 4.69) is 17.1 Å². The molecule has 1 aliphatic rings. The SMILES string of the molecule is COc1cc2c(cc1OC)C(c1ccc(N)cc1)=NN(c1noc(C)n1)C(C)C2. The Labute approximate surface area is 168 Å². The number of hydrazone groups is 1. The first kappa shape index (κ1) is 18.8. The fourth-order valence-corrected chi connectivity index (χ4v) is 3.45. The van der Waals surface area contributed by atoms with E-state index in [9.17, 15) is 0 Å². The van der Waals surface area contributed by atoms with E-state index in [4.69, 9.17) is 24.8 Å². The van der Waals surface area contributed by atoms with Crippen LogP contribution in [-0.2, 0) is 6.42 Å². The normalized spacial score (nSPS) is 16.1. The second-order valence-corrected chi connectivity index (χ2v) is 6.95.